The Labute approximate surface area is 171 Å². The first-order valence-corrected chi connectivity index (χ1v) is 10.2. The van der Waals surface area contributed by atoms with Crippen molar-refractivity contribution < 1.29 is 14.1 Å². The summed E-state index contributed by atoms with van der Waals surface area (Å²) in [6.45, 7) is 3.41. The van der Waals surface area contributed by atoms with Gasteiger partial charge in [0.1, 0.15) is 5.76 Å². The Morgan fingerprint density at radius 2 is 2.10 bits per heavy atom. The molecule has 1 aliphatic heterocycles. The number of aryl methyl sites for hydroxylation is 1. The first-order valence-electron chi connectivity index (χ1n) is 9.38. The number of urea groups is 1. The van der Waals surface area contributed by atoms with E-state index in [1.54, 1.807) is 17.9 Å². The molecule has 0 saturated carbocycles. The van der Waals surface area contributed by atoms with E-state index in [2.05, 4.69) is 20.8 Å². The van der Waals surface area contributed by atoms with Crippen molar-refractivity contribution in [3.8, 4) is 0 Å². The Morgan fingerprint density at radius 1 is 1.28 bits per heavy atom. The number of aromatic nitrogens is 2. The topological polar surface area (TPSA) is 100 Å². The molecule has 2 N–H and O–H groups in total. The lowest BCUT2D eigenvalue weighted by atomic mass is 10.1. The van der Waals surface area contributed by atoms with E-state index in [9.17, 15) is 9.59 Å². The highest BCUT2D eigenvalue weighted by Gasteiger charge is 2.25. The normalized spacial score (nSPS) is 13.1. The number of nitrogens with zero attached hydrogens (tertiary/aromatic N) is 3. The summed E-state index contributed by atoms with van der Waals surface area (Å²) in [4.78, 5) is 31.9. The van der Waals surface area contributed by atoms with Gasteiger partial charge < -0.3 is 14.7 Å². The van der Waals surface area contributed by atoms with Gasteiger partial charge in [0.2, 0.25) is 0 Å². The summed E-state index contributed by atoms with van der Waals surface area (Å²) in [5.41, 5.74) is 2.34. The molecule has 1 aliphatic rings. The van der Waals surface area contributed by atoms with E-state index in [0.29, 0.717) is 36.9 Å². The number of rotatable bonds is 5. The van der Waals surface area contributed by atoms with Crippen LogP contribution in [0, 0.1) is 6.92 Å². The van der Waals surface area contributed by atoms with Crippen LogP contribution in [0.3, 0.4) is 0 Å². The lowest BCUT2D eigenvalue weighted by Gasteiger charge is -2.26. The van der Waals surface area contributed by atoms with Crippen LogP contribution in [0.4, 0.5) is 9.93 Å². The number of thiazole rings is 1. The average Bonchev–Trinajstić information content (AvgIpc) is 3.33. The highest BCUT2D eigenvalue weighted by Crippen LogP contribution is 2.28. The number of hydrogen-bond acceptors (Lipinski definition) is 6. The minimum Gasteiger partial charge on any atom is -0.361 e. The third kappa shape index (κ3) is 4.62. The first-order chi connectivity index (χ1) is 14.1. The van der Waals surface area contributed by atoms with Gasteiger partial charge in [0.25, 0.3) is 5.91 Å². The van der Waals surface area contributed by atoms with Crippen molar-refractivity contribution in [1.82, 2.24) is 20.4 Å². The first kappa shape index (κ1) is 19.1. The highest BCUT2D eigenvalue weighted by molar-refractivity contribution is 7.15. The molecule has 29 heavy (non-hydrogen) atoms. The molecule has 0 aliphatic carbocycles. The Hall–Kier alpha value is -3.20. The maximum absolute atomic E-state index is 12.5. The lowest BCUT2D eigenvalue weighted by Crippen LogP contribution is -2.43. The van der Waals surface area contributed by atoms with Crippen LogP contribution in [0.15, 0.2) is 40.9 Å². The van der Waals surface area contributed by atoms with E-state index in [1.165, 1.54) is 16.9 Å². The fourth-order valence-corrected chi connectivity index (χ4v) is 4.15. The van der Waals surface area contributed by atoms with Gasteiger partial charge in [-0.2, -0.15) is 0 Å². The summed E-state index contributed by atoms with van der Waals surface area (Å²) in [7, 11) is 0. The number of hydrogen-bond donors (Lipinski definition) is 2. The van der Waals surface area contributed by atoms with E-state index in [-0.39, 0.29) is 17.6 Å². The predicted molar refractivity (Wildman–Crippen MR) is 109 cm³/mol. The van der Waals surface area contributed by atoms with Gasteiger partial charge in [0.15, 0.2) is 10.8 Å². The SMILES string of the molecule is Cc1cc(C(=O)Nc2nc3c(s2)CN(C(=O)NCCc2ccccc2)CC3)no1. The number of amides is 3. The fraction of sp³-hybridized carbons (Fsp3) is 0.300. The largest absolute Gasteiger partial charge is 0.361 e. The van der Waals surface area contributed by atoms with Gasteiger partial charge in [-0.15, -0.1) is 0 Å². The van der Waals surface area contributed by atoms with Crippen molar-refractivity contribution in [2.45, 2.75) is 26.3 Å². The van der Waals surface area contributed by atoms with E-state index in [1.807, 2.05) is 30.3 Å². The smallest absolute Gasteiger partial charge is 0.317 e. The van der Waals surface area contributed by atoms with Crippen LogP contribution in [-0.4, -0.2) is 40.1 Å². The van der Waals surface area contributed by atoms with Crippen molar-refractivity contribution in [1.29, 1.82) is 0 Å². The summed E-state index contributed by atoms with van der Waals surface area (Å²) in [6, 6.07) is 11.6. The molecule has 3 heterocycles. The molecule has 0 spiro atoms. The van der Waals surface area contributed by atoms with Crippen LogP contribution >= 0.6 is 11.3 Å². The number of nitrogens with one attached hydrogen (secondary N) is 2. The van der Waals surface area contributed by atoms with Crippen molar-refractivity contribution >= 4 is 28.4 Å². The third-order valence-electron chi connectivity index (χ3n) is 4.63. The lowest BCUT2D eigenvalue weighted by molar-refractivity contribution is 0.101. The zero-order valence-corrected chi connectivity index (χ0v) is 16.8. The standard InChI is InChI=1S/C20H21N5O3S/c1-13-11-16(24-28-13)18(26)23-19-22-15-8-10-25(12-17(15)29-19)20(27)21-9-7-14-5-3-2-4-6-14/h2-6,11H,7-10,12H2,1H3,(H,21,27)(H,22,23,26). The van der Waals surface area contributed by atoms with Crippen molar-refractivity contribution in [3.63, 3.8) is 0 Å². The molecule has 9 heteroatoms. The van der Waals surface area contributed by atoms with Crippen molar-refractivity contribution in [2.75, 3.05) is 18.4 Å². The molecule has 3 amide bonds. The summed E-state index contributed by atoms with van der Waals surface area (Å²) in [5.74, 6) is 0.214. The number of anilines is 1. The van der Waals surface area contributed by atoms with Gasteiger partial charge in [0, 0.05) is 30.5 Å². The molecule has 2 aromatic heterocycles. The van der Waals surface area contributed by atoms with Gasteiger partial charge in [-0.05, 0) is 18.9 Å². The summed E-state index contributed by atoms with van der Waals surface area (Å²) in [5, 5.41) is 9.94. The van der Waals surface area contributed by atoms with Crippen LogP contribution < -0.4 is 10.6 Å². The minimum atomic E-state index is -0.358. The number of carbonyl (C=O) groups is 2. The zero-order valence-electron chi connectivity index (χ0n) is 16.0. The van der Waals surface area contributed by atoms with E-state index in [4.69, 9.17) is 4.52 Å². The van der Waals surface area contributed by atoms with E-state index >= 15 is 0 Å². The van der Waals surface area contributed by atoms with Gasteiger partial charge in [0.05, 0.1) is 12.2 Å². The highest BCUT2D eigenvalue weighted by atomic mass is 32.1. The molecule has 8 nitrogen and oxygen atoms in total. The van der Waals surface area contributed by atoms with Crippen LogP contribution in [0.2, 0.25) is 0 Å². The van der Waals surface area contributed by atoms with Crippen molar-refractivity contribution in [2.24, 2.45) is 0 Å². The molecule has 0 unspecified atom stereocenters. The molecule has 4 rings (SSSR count). The second kappa shape index (κ2) is 8.44. The van der Waals surface area contributed by atoms with Crippen LogP contribution in [0.1, 0.15) is 32.4 Å². The molecule has 0 fully saturated rings. The van der Waals surface area contributed by atoms with Crippen molar-refractivity contribution in [3.05, 3.63) is 64.0 Å². The second-order valence-electron chi connectivity index (χ2n) is 6.80. The minimum absolute atomic E-state index is 0.0800. The molecule has 0 bridgehead atoms. The molecule has 0 radical (unpaired) electrons. The number of benzene rings is 1. The maximum atomic E-state index is 12.5. The molecule has 150 valence electrons. The van der Waals surface area contributed by atoms with E-state index in [0.717, 1.165) is 17.0 Å². The fourth-order valence-electron chi connectivity index (χ4n) is 3.13. The molecule has 1 aromatic carbocycles. The molecule has 0 atom stereocenters. The van der Waals surface area contributed by atoms with Gasteiger partial charge >= 0.3 is 6.03 Å². The summed E-state index contributed by atoms with van der Waals surface area (Å²) >= 11 is 1.38. The zero-order chi connectivity index (χ0) is 20.2. The number of fused-ring (bicyclic) bond motifs is 1. The maximum Gasteiger partial charge on any atom is 0.317 e. The molecule has 0 saturated heterocycles. The van der Waals surface area contributed by atoms with Gasteiger partial charge in [-0.25, -0.2) is 9.78 Å². The summed E-state index contributed by atoms with van der Waals surface area (Å²) in [6.07, 6.45) is 1.46. The summed E-state index contributed by atoms with van der Waals surface area (Å²) < 4.78 is 4.93. The second-order valence-corrected chi connectivity index (χ2v) is 7.89. The Morgan fingerprint density at radius 3 is 2.86 bits per heavy atom. The molecular formula is C20H21N5O3S. The van der Waals surface area contributed by atoms with Gasteiger partial charge in [-0.3, -0.25) is 10.1 Å². The van der Waals surface area contributed by atoms with Crippen LogP contribution in [-0.2, 0) is 19.4 Å². The monoisotopic (exact) mass is 411 g/mol. The predicted octanol–water partition coefficient (Wildman–Crippen LogP) is 3.00. The van der Waals surface area contributed by atoms with E-state index < -0.39 is 0 Å². The molecule has 3 aromatic rings. The quantitative estimate of drug-likeness (QED) is 0.672. The van der Waals surface area contributed by atoms with Crippen LogP contribution in [0.5, 0.6) is 0 Å². The Balaban J connectivity index is 1.31. The third-order valence-corrected chi connectivity index (χ3v) is 5.63. The van der Waals surface area contributed by atoms with Crippen LogP contribution in [0.25, 0.3) is 0 Å². The number of carbonyl (C=O) groups excluding carboxylic acids is 2. The average molecular weight is 411 g/mol. The van der Waals surface area contributed by atoms with Gasteiger partial charge in [-0.1, -0.05) is 46.8 Å². The Kier molecular flexibility index (Phi) is 5.57. The Bertz CT molecular complexity index is 1010. The molecular weight excluding hydrogens is 390 g/mol.